The minimum absolute atomic E-state index is 0. The van der Waals surface area contributed by atoms with Crippen LogP contribution in [0.15, 0.2) is 24.3 Å². The highest BCUT2D eigenvalue weighted by Crippen LogP contribution is 2.21. The summed E-state index contributed by atoms with van der Waals surface area (Å²) in [6.07, 6.45) is 0.806. The number of para-hydroxylation sites is 1. The van der Waals surface area contributed by atoms with Gasteiger partial charge in [-0.1, -0.05) is 19.1 Å². The highest BCUT2D eigenvalue weighted by atomic mass is 35.5. The number of amides is 1. The number of carbonyl (C=O) groups excluding carboxylic acids is 1. The Hall–Kier alpha value is -1.17. The summed E-state index contributed by atoms with van der Waals surface area (Å²) in [6, 6.07) is 8.14. The number of thiazole rings is 1. The van der Waals surface area contributed by atoms with Crippen LogP contribution in [0.3, 0.4) is 0 Å². The number of hydrogen-bond acceptors (Lipinski definition) is 4. The first-order valence-electron chi connectivity index (χ1n) is 7.07. The summed E-state index contributed by atoms with van der Waals surface area (Å²) in [5.74, 6) is 0.765. The molecule has 0 spiro atoms. The van der Waals surface area contributed by atoms with Crippen LogP contribution in [0.5, 0.6) is 0 Å². The topological polar surface area (TPSA) is 54.0 Å². The monoisotopic (exact) mass is 325 g/mol. The average Bonchev–Trinajstić information content (AvgIpc) is 2.79. The third kappa shape index (κ3) is 3.73. The van der Waals surface area contributed by atoms with Gasteiger partial charge in [-0.25, -0.2) is 4.98 Å². The van der Waals surface area contributed by atoms with E-state index in [1.54, 1.807) is 11.3 Å². The van der Waals surface area contributed by atoms with Crippen molar-refractivity contribution in [3.8, 4) is 0 Å². The van der Waals surface area contributed by atoms with Crippen molar-refractivity contribution in [2.24, 2.45) is 11.8 Å². The first kappa shape index (κ1) is 16.2. The van der Waals surface area contributed by atoms with Gasteiger partial charge in [0.25, 0.3) is 0 Å². The van der Waals surface area contributed by atoms with Crippen LogP contribution in [0.4, 0.5) is 0 Å². The lowest BCUT2D eigenvalue weighted by atomic mass is 9.88. The highest BCUT2D eigenvalue weighted by molar-refractivity contribution is 7.18. The van der Waals surface area contributed by atoms with Crippen LogP contribution in [0.2, 0.25) is 0 Å². The standard InChI is InChI=1S/C15H19N3OS.ClH/c1-10(11-8-16-9-11)15(19)17-7-6-14-18-12-4-2-3-5-13(12)20-14;/h2-5,10-11,16H,6-9H2,1H3,(H,17,19);1H. The lowest BCUT2D eigenvalue weighted by molar-refractivity contribution is -0.126. The van der Waals surface area contributed by atoms with Crippen molar-refractivity contribution >= 4 is 39.9 Å². The van der Waals surface area contributed by atoms with E-state index in [-0.39, 0.29) is 24.2 Å². The lowest BCUT2D eigenvalue weighted by Crippen LogP contribution is -2.49. The van der Waals surface area contributed by atoms with Gasteiger partial charge in [-0.15, -0.1) is 23.7 Å². The van der Waals surface area contributed by atoms with Crippen molar-refractivity contribution in [1.82, 2.24) is 15.6 Å². The maximum atomic E-state index is 12.0. The summed E-state index contributed by atoms with van der Waals surface area (Å²) < 4.78 is 1.21. The zero-order valence-corrected chi connectivity index (χ0v) is 13.6. The van der Waals surface area contributed by atoms with Gasteiger partial charge in [-0.05, 0) is 31.1 Å². The number of fused-ring (bicyclic) bond motifs is 1. The summed E-state index contributed by atoms with van der Waals surface area (Å²) in [5, 5.41) is 7.32. The molecule has 1 amide bonds. The molecule has 0 saturated carbocycles. The van der Waals surface area contributed by atoms with E-state index in [0.29, 0.717) is 12.5 Å². The molecule has 0 bridgehead atoms. The molecule has 0 radical (unpaired) electrons. The van der Waals surface area contributed by atoms with Crippen molar-refractivity contribution in [3.63, 3.8) is 0 Å². The average molecular weight is 326 g/mol. The number of benzene rings is 1. The van der Waals surface area contributed by atoms with Gasteiger partial charge in [0.2, 0.25) is 5.91 Å². The summed E-state index contributed by atoms with van der Waals surface area (Å²) in [7, 11) is 0. The first-order valence-corrected chi connectivity index (χ1v) is 7.88. The number of rotatable bonds is 5. The molecule has 0 aliphatic carbocycles. The fraction of sp³-hybridized carbons (Fsp3) is 0.467. The third-order valence-corrected chi connectivity index (χ3v) is 5.01. The number of nitrogens with zero attached hydrogens (tertiary/aromatic N) is 1. The summed E-state index contributed by atoms with van der Waals surface area (Å²) in [6.45, 7) is 4.61. The molecule has 4 nitrogen and oxygen atoms in total. The van der Waals surface area contributed by atoms with Crippen LogP contribution in [-0.2, 0) is 11.2 Å². The van der Waals surface area contributed by atoms with Crippen LogP contribution < -0.4 is 10.6 Å². The summed E-state index contributed by atoms with van der Waals surface area (Å²) in [5.41, 5.74) is 1.05. The van der Waals surface area contributed by atoms with Crippen molar-refractivity contribution in [2.45, 2.75) is 13.3 Å². The molecule has 2 N–H and O–H groups in total. The number of aromatic nitrogens is 1. The molecule has 114 valence electrons. The van der Waals surface area contributed by atoms with Crippen molar-refractivity contribution < 1.29 is 4.79 Å². The Morgan fingerprint density at radius 2 is 2.24 bits per heavy atom. The van der Waals surface area contributed by atoms with E-state index in [2.05, 4.69) is 21.7 Å². The Morgan fingerprint density at radius 3 is 2.90 bits per heavy atom. The molecular weight excluding hydrogens is 306 g/mol. The fourth-order valence-corrected chi connectivity index (χ4v) is 3.33. The maximum Gasteiger partial charge on any atom is 0.223 e. The second kappa shape index (κ2) is 7.20. The van der Waals surface area contributed by atoms with Crippen LogP contribution in [0, 0.1) is 11.8 Å². The quantitative estimate of drug-likeness (QED) is 0.886. The lowest BCUT2D eigenvalue weighted by Gasteiger charge is -2.31. The molecule has 6 heteroatoms. The molecule has 1 fully saturated rings. The van der Waals surface area contributed by atoms with Gasteiger partial charge in [0.05, 0.1) is 15.2 Å². The van der Waals surface area contributed by atoms with Crippen molar-refractivity contribution in [1.29, 1.82) is 0 Å². The predicted molar refractivity (Wildman–Crippen MR) is 89.1 cm³/mol. The van der Waals surface area contributed by atoms with E-state index in [4.69, 9.17) is 0 Å². The molecular formula is C15H20ClN3OS. The second-order valence-corrected chi connectivity index (χ2v) is 6.44. The van der Waals surface area contributed by atoms with Gasteiger partial charge >= 0.3 is 0 Å². The molecule has 2 heterocycles. The zero-order chi connectivity index (χ0) is 13.9. The van der Waals surface area contributed by atoms with Crippen LogP contribution >= 0.6 is 23.7 Å². The van der Waals surface area contributed by atoms with Gasteiger partial charge in [-0.2, -0.15) is 0 Å². The maximum absolute atomic E-state index is 12.0. The van der Waals surface area contributed by atoms with E-state index in [9.17, 15) is 4.79 Å². The minimum Gasteiger partial charge on any atom is -0.355 e. The van der Waals surface area contributed by atoms with Gasteiger partial charge in [-0.3, -0.25) is 4.79 Å². The van der Waals surface area contributed by atoms with Crippen LogP contribution in [-0.4, -0.2) is 30.5 Å². The zero-order valence-electron chi connectivity index (χ0n) is 12.0. The molecule has 1 aromatic heterocycles. The molecule has 1 unspecified atom stereocenters. The molecule has 1 atom stereocenters. The third-order valence-electron chi connectivity index (χ3n) is 3.91. The van der Waals surface area contributed by atoms with E-state index in [1.807, 2.05) is 25.1 Å². The molecule has 2 aromatic rings. The number of hydrogen-bond donors (Lipinski definition) is 2. The van der Waals surface area contributed by atoms with Crippen molar-refractivity contribution in [2.75, 3.05) is 19.6 Å². The van der Waals surface area contributed by atoms with Crippen LogP contribution in [0.25, 0.3) is 10.2 Å². The second-order valence-electron chi connectivity index (χ2n) is 5.32. The summed E-state index contributed by atoms with van der Waals surface area (Å²) in [4.78, 5) is 16.6. The van der Waals surface area contributed by atoms with Crippen LogP contribution in [0.1, 0.15) is 11.9 Å². The Kier molecular flexibility index (Phi) is 5.56. The van der Waals surface area contributed by atoms with E-state index >= 15 is 0 Å². The molecule has 1 saturated heterocycles. The SMILES string of the molecule is CC(C(=O)NCCc1nc2ccccc2s1)C1CNC1.Cl. The molecule has 3 rings (SSSR count). The number of nitrogens with one attached hydrogen (secondary N) is 2. The molecule has 1 aliphatic rings. The van der Waals surface area contributed by atoms with Gasteiger partial charge in [0.1, 0.15) is 0 Å². The normalized spacial score (nSPS) is 16.0. The first-order chi connectivity index (χ1) is 9.74. The number of carbonyl (C=O) groups is 1. The number of halogens is 1. The summed E-state index contributed by atoms with van der Waals surface area (Å²) >= 11 is 1.71. The van der Waals surface area contributed by atoms with E-state index < -0.39 is 0 Å². The molecule has 21 heavy (non-hydrogen) atoms. The Bertz CT molecular complexity index is 579. The minimum atomic E-state index is 0. The Morgan fingerprint density at radius 1 is 1.48 bits per heavy atom. The predicted octanol–water partition coefficient (Wildman–Crippen LogP) is 2.23. The van der Waals surface area contributed by atoms with E-state index in [0.717, 1.165) is 30.0 Å². The van der Waals surface area contributed by atoms with E-state index in [1.165, 1.54) is 4.70 Å². The van der Waals surface area contributed by atoms with Crippen molar-refractivity contribution in [3.05, 3.63) is 29.3 Å². The fourth-order valence-electron chi connectivity index (χ4n) is 2.36. The van der Waals surface area contributed by atoms with Gasteiger partial charge in [0.15, 0.2) is 0 Å². The molecule has 1 aliphatic heterocycles. The smallest absolute Gasteiger partial charge is 0.223 e. The largest absolute Gasteiger partial charge is 0.355 e. The van der Waals surface area contributed by atoms with Gasteiger partial charge < -0.3 is 10.6 Å². The van der Waals surface area contributed by atoms with Gasteiger partial charge in [0, 0.05) is 18.9 Å². The highest BCUT2D eigenvalue weighted by Gasteiger charge is 2.28. The Balaban J connectivity index is 0.00000161. The Labute approximate surface area is 134 Å². The molecule has 1 aromatic carbocycles.